The van der Waals surface area contributed by atoms with Crippen LogP contribution in [0.3, 0.4) is 0 Å². The quantitative estimate of drug-likeness (QED) is 0.754. The average Bonchev–Trinajstić information content (AvgIpc) is 2.23. The Kier molecular flexibility index (Phi) is 3.64. The van der Waals surface area contributed by atoms with Crippen LogP contribution >= 0.6 is 11.6 Å². The summed E-state index contributed by atoms with van der Waals surface area (Å²) in [6.07, 6.45) is 5.42. The highest BCUT2D eigenvalue weighted by Gasteiger charge is 2.21. The van der Waals surface area contributed by atoms with Gasteiger partial charge in [-0.05, 0) is 24.8 Å². The molecule has 0 bridgehead atoms. The third kappa shape index (κ3) is 2.29. The SMILES string of the molecule is CN(CC1CCC1)c1nccc(CCl)c1F. The molecule has 0 unspecified atom stereocenters. The summed E-state index contributed by atoms with van der Waals surface area (Å²) < 4.78 is 13.9. The number of anilines is 1. The fraction of sp³-hybridized carbons (Fsp3) is 0.583. The summed E-state index contributed by atoms with van der Waals surface area (Å²) in [4.78, 5) is 5.99. The number of pyridine rings is 1. The zero-order valence-electron chi connectivity index (χ0n) is 9.42. The number of rotatable bonds is 4. The maximum Gasteiger partial charge on any atom is 0.170 e. The molecule has 1 aliphatic carbocycles. The van der Waals surface area contributed by atoms with Gasteiger partial charge in [-0.1, -0.05) is 6.42 Å². The van der Waals surface area contributed by atoms with Gasteiger partial charge in [-0.25, -0.2) is 9.37 Å². The van der Waals surface area contributed by atoms with Gasteiger partial charge in [0.15, 0.2) is 11.6 Å². The minimum atomic E-state index is -0.278. The number of hydrogen-bond acceptors (Lipinski definition) is 2. The molecule has 0 aromatic carbocycles. The molecule has 0 saturated heterocycles. The van der Waals surface area contributed by atoms with E-state index in [0.29, 0.717) is 17.3 Å². The molecule has 88 valence electrons. The topological polar surface area (TPSA) is 16.1 Å². The van der Waals surface area contributed by atoms with Crippen LogP contribution in [0.25, 0.3) is 0 Å². The van der Waals surface area contributed by atoms with Gasteiger partial charge in [-0.2, -0.15) is 0 Å². The molecule has 0 amide bonds. The summed E-state index contributed by atoms with van der Waals surface area (Å²) in [6, 6.07) is 1.63. The van der Waals surface area contributed by atoms with Gasteiger partial charge in [0.25, 0.3) is 0 Å². The van der Waals surface area contributed by atoms with Crippen molar-refractivity contribution < 1.29 is 4.39 Å². The van der Waals surface area contributed by atoms with E-state index >= 15 is 0 Å². The van der Waals surface area contributed by atoms with Gasteiger partial charge in [0, 0.05) is 25.4 Å². The van der Waals surface area contributed by atoms with Crippen LogP contribution in [0.5, 0.6) is 0 Å². The first-order valence-electron chi connectivity index (χ1n) is 5.63. The molecule has 0 spiro atoms. The summed E-state index contributed by atoms with van der Waals surface area (Å²) in [5, 5.41) is 0. The van der Waals surface area contributed by atoms with Crippen LogP contribution in [-0.4, -0.2) is 18.6 Å². The molecular formula is C12H16ClFN2. The lowest BCUT2D eigenvalue weighted by molar-refractivity contribution is 0.320. The normalized spacial score (nSPS) is 15.9. The van der Waals surface area contributed by atoms with Gasteiger partial charge < -0.3 is 4.90 Å². The van der Waals surface area contributed by atoms with E-state index in [1.807, 2.05) is 11.9 Å². The van der Waals surface area contributed by atoms with Crippen molar-refractivity contribution in [1.82, 2.24) is 4.98 Å². The van der Waals surface area contributed by atoms with Crippen molar-refractivity contribution in [3.8, 4) is 0 Å². The molecule has 2 rings (SSSR count). The highest BCUT2D eigenvalue weighted by Crippen LogP contribution is 2.29. The molecule has 1 aliphatic rings. The molecule has 1 fully saturated rings. The van der Waals surface area contributed by atoms with Gasteiger partial charge in [0.05, 0.1) is 5.88 Å². The molecule has 0 aliphatic heterocycles. The van der Waals surface area contributed by atoms with Gasteiger partial charge in [0.1, 0.15) is 0 Å². The van der Waals surface area contributed by atoms with Crippen molar-refractivity contribution in [2.75, 3.05) is 18.5 Å². The van der Waals surface area contributed by atoms with Gasteiger partial charge in [-0.3, -0.25) is 0 Å². The second-order valence-electron chi connectivity index (χ2n) is 4.42. The van der Waals surface area contributed by atoms with Crippen LogP contribution < -0.4 is 4.90 Å². The number of nitrogens with zero attached hydrogens (tertiary/aromatic N) is 2. The molecule has 2 nitrogen and oxygen atoms in total. The zero-order chi connectivity index (χ0) is 11.5. The Morgan fingerprint density at radius 3 is 2.88 bits per heavy atom. The number of hydrogen-bond donors (Lipinski definition) is 0. The molecule has 1 heterocycles. The lowest BCUT2D eigenvalue weighted by Gasteiger charge is -2.30. The third-order valence-corrected chi connectivity index (χ3v) is 3.50. The summed E-state index contributed by atoms with van der Waals surface area (Å²) in [5.41, 5.74) is 0.520. The van der Waals surface area contributed by atoms with E-state index in [0.717, 1.165) is 6.54 Å². The van der Waals surface area contributed by atoms with Crippen molar-refractivity contribution in [2.45, 2.75) is 25.1 Å². The Morgan fingerprint density at radius 1 is 1.56 bits per heavy atom. The first-order chi connectivity index (χ1) is 7.72. The summed E-state index contributed by atoms with van der Waals surface area (Å²) in [5.74, 6) is 1.04. The van der Waals surface area contributed by atoms with E-state index in [1.54, 1.807) is 12.3 Å². The Morgan fingerprint density at radius 2 is 2.31 bits per heavy atom. The first-order valence-corrected chi connectivity index (χ1v) is 6.16. The molecule has 1 saturated carbocycles. The standard InChI is InChI=1S/C12H16ClFN2/c1-16(8-9-3-2-4-9)12-11(14)10(7-13)5-6-15-12/h5-6,9H,2-4,7-8H2,1H3. The predicted molar refractivity (Wildman–Crippen MR) is 64.4 cm³/mol. The zero-order valence-corrected chi connectivity index (χ0v) is 10.2. The minimum absolute atomic E-state index is 0.193. The maximum absolute atomic E-state index is 13.9. The largest absolute Gasteiger partial charge is 0.357 e. The van der Waals surface area contributed by atoms with Gasteiger partial charge in [-0.15, -0.1) is 11.6 Å². The molecule has 0 N–H and O–H groups in total. The van der Waals surface area contributed by atoms with E-state index in [9.17, 15) is 4.39 Å². The summed E-state index contributed by atoms with van der Waals surface area (Å²) >= 11 is 5.67. The molecule has 1 aromatic rings. The fourth-order valence-electron chi connectivity index (χ4n) is 1.99. The van der Waals surface area contributed by atoms with Gasteiger partial charge >= 0.3 is 0 Å². The van der Waals surface area contributed by atoms with Crippen molar-refractivity contribution in [3.63, 3.8) is 0 Å². The first kappa shape index (κ1) is 11.6. The highest BCUT2D eigenvalue weighted by molar-refractivity contribution is 6.17. The van der Waals surface area contributed by atoms with E-state index in [-0.39, 0.29) is 11.7 Å². The Balaban J connectivity index is 2.11. The van der Waals surface area contributed by atoms with Crippen molar-refractivity contribution in [3.05, 3.63) is 23.6 Å². The second kappa shape index (κ2) is 5.00. The predicted octanol–water partition coefficient (Wildman–Crippen LogP) is 3.20. The van der Waals surface area contributed by atoms with Crippen molar-refractivity contribution in [2.24, 2.45) is 5.92 Å². The Hall–Kier alpha value is -0.830. The molecule has 0 radical (unpaired) electrons. The lowest BCUT2D eigenvalue weighted by atomic mass is 9.85. The number of aromatic nitrogens is 1. The van der Waals surface area contributed by atoms with E-state index in [4.69, 9.17) is 11.6 Å². The third-order valence-electron chi connectivity index (χ3n) is 3.21. The van der Waals surface area contributed by atoms with Crippen LogP contribution in [-0.2, 0) is 5.88 Å². The highest BCUT2D eigenvalue weighted by atomic mass is 35.5. The Bertz CT molecular complexity index is 366. The maximum atomic E-state index is 13.9. The number of alkyl halides is 1. The summed E-state index contributed by atoms with van der Waals surface area (Å²) in [7, 11) is 1.89. The van der Waals surface area contributed by atoms with Gasteiger partial charge in [0.2, 0.25) is 0 Å². The average molecular weight is 243 g/mol. The van der Waals surface area contributed by atoms with E-state index < -0.39 is 0 Å². The van der Waals surface area contributed by atoms with Crippen molar-refractivity contribution in [1.29, 1.82) is 0 Å². The van der Waals surface area contributed by atoms with Crippen LogP contribution in [0, 0.1) is 11.7 Å². The summed E-state index contributed by atoms with van der Waals surface area (Å²) in [6.45, 7) is 0.885. The molecule has 1 aromatic heterocycles. The van der Waals surface area contributed by atoms with Crippen LogP contribution in [0.2, 0.25) is 0 Å². The Labute approximate surface area is 100 Å². The fourth-order valence-corrected chi connectivity index (χ4v) is 2.20. The number of halogens is 2. The lowest BCUT2D eigenvalue weighted by Crippen LogP contribution is -2.30. The van der Waals surface area contributed by atoms with Crippen LogP contribution in [0.15, 0.2) is 12.3 Å². The minimum Gasteiger partial charge on any atom is -0.357 e. The van der Waals surface area contributed by atoms with Crippen LogP contribution in [0.4, 0.5) is 10.2 Å². The molecule has 4 heteroatoms. The smallest absolute Gasteiger partial charge is 0.170 e. The second-order valence-corrected chi connectivity index (χ2v) is 4.69. The van der Waals surface area contributed by atoms with Crippen molar-refractivity contribution >= 4 is 17.4 Å². The molecular weight excluding hydrogens is 227 g/mol. The van der Waals surface area contributed by atoms with E-state index in [2.05, 4.69) is 4.98 Å². The monoisotopic (exact) mass is 242 g/mol. The molecule has 0 atom stereocenters. The molecule has 16 heavy (non-hydrogen) atoms. The van der Waals surface area contributed by atoms with Crippen LogP contribution in [0.1, 0.15) is 24.8 Å². The van der Waals surface area contributed by atoms with E-state index in [1.165, 1.54) is 19.3 Å².